The van der Waals surface area contributed by atoms with Crippen LogP contribution in [0.1, 0.15) is 13.8 Å². The van der Waals surface area contributed by atoms with Crippen molar-refractivity contribution < 1.29 is 18.3 Å². The number of aliphatic hydroxyl groups excluding tert-OH is 1. The molecule has 2 N–H and O–H groups in total. The summed E-state index contributed by atoms with van der Waals surface area (Å²) in [6.07, 6.45) is 3.18. The van der Waals surface area contributed by atoms with Crippen LogP contribution in [0.3, 0.4) is 0 Å². The smallest absolute Gasteiger partial charge is 0.247 e. The number of sulfonamides is 1. The Morgan fingerprint density at radius 1 is 1.29 bits per heavy atom. The lowest BCUT2D eigenvalue weighted by molar-refractivity contribution is 0.103. The first-order chi connectivity index (χ1) is 13.4. The van der Waals surface area contributed by atoms with Gasteiger partial charge >= 0.3 is 0 Å². The van der Waals surface area contributed by atoms with Crippen LogP contribution in [-0.2, 0) is 10.0 Å². The second-order valence-electron chi connectivity index (χ2n) is 7.19. The molecule has 0 amide bonds. The first kappa shape index (κ1) is 20.7. The number of nitrogens with zero attached hydrogens (tertiary/aromatic N) is 2. The number of pyridine rings is 1. The summed E-state index contributed by atoms with van der Waals surface area (Å²) in [5.41, 5.74) is 1.79. The largest absolute Gasteiger partial charge is 0.487 e. The summed E-state index contributed by atoms with van der Waals surface area (Å²) < 4.78 is 34.3. The van der Waals surface area contributed by atoms with Gasteiger partial charge in [-0.25, -0.2) is 8.42 Å². The van der Waals surface area contributed by atoms with E-state index in [1.54, 1.807) is 37.5 Å². The second kappa shape index (κ2) is 8.57. The fraction of sp³-hybridized carbons (Fsp3) is 0.450. The molecule has 0 bridgehead atoms. The molecule has 3 atom stereocenters. The van der Waals surface area contributed by atoms with Gasteiger partial charge in [0.25, 0.3) is 0 Å². The van der Waals surface area contributed by atoms with Crippen LogP contribution in [0.4, 0.5) is 0 Å². The Kier molecular flexibility index (Phi) is 6.34. The maximum Gasteiger partial charge on any atom is 0.247 e. The topological polar surface area (TPSA) is 91.8 Å². The molecule has 2 aromatic rings. The monoisotopic (exact) mass is 405 g/mol. The SMILES string of the molecule is CNC[C@H]1Oc2cc(-c3ccncc3)ccc2S(=O)(=O)N([C@@H](C)CO)C[C@H]1C. The van der Waals surface area contributed by atoms with Crippen LogP contribution in [0, 0.1) is 5.92 Å². The van der Waals surface area contributed by atoms with E-state index < -0.39 is 16.1 Å². The van der Waals surface area contributed by atoms with E-state index in [1.807, 2.05) is 26.1 Å². The average molecular weight is 406 g/mol. The number of likely N-dealkylation sites (N-methyl/N-ethyl adjacent to an activating group) is 1. The number of fused-ring (bicyclic) bond motifs is 1. The number of hydrogen-bond acceptors (Lipinski definition) is 6. The van der Waals surface area contributed by atoms with Gasteiger partial charge in [-0.3, -0.25) is 4.98 Å². The van der Waals surface area contributed by atoms with Gasteiger partial charge < -0.3 is 15.2 Å². The molecule has 0 unspecified atom stereocenters. The number of benzene rings is 1. The number of ether oxygens (including phenoxy) is 1. The molecule has 7 nitrogen and oxygen atoms in total. The third-order valence-electron chi connectivity index (χ3n) is 5.09. The summed E-state index contributed by atoms with van der Waals surface area (Å²) in [5.74, 6) is 0.269. The molecule has 0 radical (unpaired) electrons. The minimum absolute atomic E-state index is 0.0612. The van der Waals surface area contributed by atoms with Crippen molar-refractivity contribution in [1.29, 1.82) is 0 Å². The first-order valence-electron chi connectivity index (χ1n) is 9.37. The maximum absolute atomic E-state index is 13.3. The van der Waals surface area contributed by atoms with Crippen LogP contribution in [0.25, 0.3) is 11.1 Å². The van der Waals surface area contributed by atoms with Crippen molar-refractivity contribution in [3.63, 3.8) is 0 Å². The number of hydrogen-bond donors (Lipinski definition) is 2. The molecule has 1 aliphatic rings. The Hall–Kier alpha value is -2.00. The van der Waals surface area contributed by atoms with E-state index in [-0.39, 0.29) is 30.1 Å². The normalized spacial score (nSPS) is 23.1. The van der Waals surface area contributed by atoms with Gasteiger partial charge in [0.1, 0.15) is 16.7 Å². The van der Waals surface area contributed by atoms with Crippen molar-refractivity contribution in [2.45, 2.75) is 30.9 Å². The van der Waals surface area contributed by atoms with Crippen molar-refractivity contribution in [3.05, 3.63) is 42.7 Å². The first-order valence-corrected chi connectivity index (χ1v) is 10.8. The Bertz CT molecular complexity index is 905. The van der Waals surface area contributed by atoms with Crippen molar-refractivity contribution in [3.8, 4) is 16.9 Å². The van der Waals surface area contributed by atoms with Crippen molar-refractivity contribution in [1.82, 2.24) is 14.6 Å². The molecule has 0 aliphatic carbocycles. The molecule has 8 heteroatoms. The lowest BCUT2D eigenvalue weighted by atomic mass is 10.0. The molecule has 0 saturated carbocycles. The summed E-state index contributed by atoms with van der Waals surface area (Å²) in [6.45, 7) is 4.30. The molecule has 3 rings (SSSR count). The van der Waals surface area contributed by atoms with E-state index in [4.69, 9.17) is 4.74 Å². The van der Waals surface area contributed by atoms with Crippen LogP contribution < -0.4 is 10.1 Å². The van der Waals surface area contributed by atoms with Gasteiger partial charge in [0.05, 0.1) is 6.61 Å². The predicted molar refractivity (Wildman–Crippen MR) is 108 cm³/mol. The number of rotatable bonds is 5. The molecular formula is C20H27N3O4S. The van der Waals surface area contributed by atoms with E-state index in [0.29, 0.717) is 12.3 Å². The van der Waals surface area contributed by atoms with Crippen LogP contribution in [0.15, 0.2) is 47.6 Å². The molecule has 1 aromatic heterocycles. The fourth-order valence-corrected chi connectivity index (χ4v) is 5.22. The Balaban J connectivity index is 2.14. The second-order valence-corrected chi connectivity index (χ2v) is 9.05. The van der Waals surface area contributed by atoms with Crippen LogP contribution >= 0.6 is 0 Å². The molecule has 0 spiro atoms. The van der Waals surface area contributed by atoms with E-state index in [9.17, 15) is 13.5 Å². The van der Waals surface area contributed by atoms with Gasteiger partial charge in [-0.1, -0.05) is 13.0 Å². The third kappa shape index (κ3) is 4.05. The molecule has 2 heterocycles. The van der Waals surface area contributed by atoms with Gasteiger partial charge in [-0.05, 0) is 49.4 Å². The van der Waals surface area contributed by atoms with Crippen molar-refractivity contribution in [2.75, 3.05) is 26.7 Å². The summed E-state index contributed by atoms with van der Waals surface area (Å²) in [4.78, 5) is 4.15. The van der Waals surface area contributed by atoms with Gasteiger partial charge in [0.2, 0.25) is 10.0 Å². The van der Waals surface area contributed by atoms with Gasteiger partial charge in [0, 0.05) is 37.4 Å². The minimum Gasteiger partial charge on any atom is -0.487 e. The summed E-state index contributed by atoms with van der Waals surface area (Å²) in [7, 11) is -1.97. The highest BCUT2D eigenvalue weighted by Crippen LogP contribution is 2.36. The number of aliphatic hydroxyl groups is 1. The quantitative estimate of drug-likeness (QED) is 0.787. The highest BCUT2D eigenvalue weighted by Gasteiger charge is 2.37. The summed E-state index contributed by atoms with van der Waals surface area (Å²) >= 11 is 0. The molecule has 1 aliphatic heterocycles. The van der Waals surface area contributed by atoms with E-state index in [0.717, 1.165) is 11.1 Å². The highest BCUT2D eigenvalue weighted by molar-refractivity contribution is 7.89. The maximum atomic E-state index is 13.3. The number of nitrogens with one attached hydrogen (secondary N) is 1. The third-order valence-corrected chi connectivity index (χ3v) is 7.11. The van der Waals surface area contributed by atoms with Gasteiger partial charge in [-0.15, -0.1) is 0 Å². The highest BCUT2D eigenvalue weighted by atomic mass is 32.2. The lowest BCUT2D eigenvalue weighted by Gasteiger charge is -2.36. The predicted octanol–water partition coefficient (Wildman–Crippen LogP) is 1.74. The molecule has 28 heavy (non-hydrogen) atoms. The van der Waals surface area contributed by atoms with E-state index in [2.05, 4.69) is 10.3 Å². The fourth-order valence-electron chi connectivity index (χ4n) is 3.39. The van der Waals surface area contributed by atoms with Gasteiger partial charge in [-0.2, -0.15) is 4.31 Å². The minimum atomic E-state index is -3.81. The Morgan fingerprint density at radius 3 is 2.64 bits per heavy atom. The number of aromatic nitrogens is 1. The Morgan fingerprint density at radius 2 is 2.00 bits per heavy atom. The van der Waals surface area contributed by atoms with Gasteiger partial charge in [0.15, 0.2) is 0 Å². The molecule has 0 saturated heterocycles. The van der Waals surface area contributed by atoms with Crippen LogP contribution in [0.5, 0.6) is 5.75 Å². The Labute approximate surface area is 166 Å². The van der Waals surface area contributed by atoms with Crippen molar-refractivity contribution >= 4 is 10.0 Å². The molecular weight excluding hydrogens is 378 g/mol. The average Bonchev–Trinajstić information content (AvgIpc) is 2.70. The van der Waals surface area contributed by atoms with Crippen molar-refractivity contribution in [2.24, 2.45) is 5.92 Å². The standard InChI is InChI=1S/C20H27N3O4S/c1-14-12-23(15(2)13-24)28(25,26)20-5-4-17(16-6-8-22-9-7-16)10-18(20)27-19(14)11-21-3/h4-10,14-15,19,21,24H,11-13H2,1-3H3/t14-,15+,19-/m1/s1. The molecule has 0 fully saturated rings. The van der Waals surface area contributed by atoms with Crippen LogP contribution in [-0.4, -0.2) is 61.7 Å². The zero-order valence-corrected chi connectivity index (χ0v) is 17.2. The van der Waals surface area contributed by atoms with E-state index in [1.165, 1.54) is 4.31 Å². The zero-order valence-electron chi connectivity index (χ0n) is 16.4. The zero-order chi connectivity index (χ0) is 20.3. The molecule has 152 valence electrons. The summed E-state index contributed by atoms with van der Waals surface area (Å²) in [5, 5.41) is 12.7. The van der Waals surface area contributed by atoms with E-state index >= 15 is 0 Å². The van der Waals surface area contributed by atoms with Crippen LogP contribution in [0.2, 0.25) is 0 Å². The molecule has 1 aromatic carbocycles. The lowest BCUT2D eigenvalue weighted by Crippen LogP contribution is -2.49. The summed E-state index contributed by atoms with van der Waals surface area (Å²) in [6, 6.07) is 8.34.